The lowest BCUT2D eigenvalue weighted by Crippen LogP contribution is -2.66. The van der Waals surface area contributed by atoms with Crippen LogP contribution >= 0.6 is 0 Å². The maximum absolute atomic E-state index is 15.2. The van der Waals surface area contributed by atoms with Gasteiger partial charge in [-0.3, -0.25) is 28.8 Å². The topological polar surface area (TPSA) is 187 Å². The van der Waals surface area contributed by atoms with E-state index in [4.69, 9.17) is 33.2 Å². The van der Waals surface area contributed by atoms with Crippen LogP contribution in [0, 0.1) is 45.3 Å². The van der Waals surface area contributed by atoms with Gasteiger partial charge < -0.3 is 38.3 Å². The summed E-state index contributed by atoms with van der Waals surface area (Å²) < 4.78 is 42.0. The Balaban J connectivity index is 1.55. The molecule has 60 heavy (non-hydrogen) atoms. The van der Waals surface area contributed by atoms with Crippen molar-refractivity contribution in [2.75, 3.05) is 6.61 Å². The van der Waals surface area contributed by atoms with Crippen molar-refractivity contribution < 1.29 is 67.0 Å². The number of carbonyl (C=O) groups is 6. The van der Waals surface area contributed by atoms with Gasteiger partial charge in [0, 0.05) is 52.4 Å². The van der Waals surface area contributed by atoms with E-state index >= 15 is 4.79 Å². The zero-order valence-electron chi connectivity index (χ0n) is 38.3. The summed E-state index contributed by atoms with van der Waals surface area (Å²) >= 11 is 0. The second kappa shape index (κ2) is 17.2. The van der Waals surface area contributed by atoms with Crippen LogP contribution in [0.5, 0.6) is 0 Å². The van der Waals surface area contributed by atoms with Gasteiger partial charge in [0.15, 0.2) is 24.6 Å². The number of hydrogen-bond donors (Lipinski definition) is 1. The fourth-order valence-electron chi connectivity index (χ4n) is 13.3. The summed E-state index contributed by atoms with van der Waals surface area (Å²) in [7, 11) is 0. The molecule has 5 aliphatic rings. The third kappa shape index (κ3) is 9.17. The molecule has 0 radical (unpaired) electrons. The third-order valence-electron chi connectivity index (χ3n) is 16.0. The molecule has 1 saturated heterocycles. The van der Waals surface area contributed by atoms with Crippen molar-refractivity contribution in [3.8, 4) is 0 Å². The lowest BCUT2D eigenvalue weighted by Gasteiger charge is -2.69. The van der Waals surface area contributed by atoms with Gasteiger partial charge in [-0.1, -0.05) is 34.6 Å². The fourth-order valence-corrected chi connectivity index (χ4v) is 13.3. The summed E-state index contributed by atoms with van der Waals surface area (Å²) in [5.74, 6) is -3.30. The number of Topliss-reactive ketones (excluding diaryl/α,β-unsaturated/α-hetero) is 1. The van der Waals surface area contributed by atoms with Gasteiger partial charge in [-0.05, 0) is 113 Å². The normalized spacial score (nSPS) is 39.5. The van der Waals surface area contributed by atoms with E-state index in [-0.39, 0.29) is 51.9 Å². The molecule has 14 atom stereocenters. The Morgan fingerprint density at radius 1 is 0.700 bits per heavy atom. The van der Waals surface area contributed by atoms with Crippen LogP contribution in [0.2, 0.25) is 0 Å². The molecule has 0 bridgehead atoms. The van der Waals surface area contributed by atoms with E-state index in [1.807, 2.05) is 6.92 Å². The van der Waals surface area contributed by atoms with Crippen LogP contribution in [0.3, 0.4) is 0 Å². The summed E-state index contributed by atoms with van der Waals surface area (Å²) in [4.78, 5) is 77.1. The number of ether oxygens (including phenoxy) is 7. The quantitative estimate of drug-likeness (QED) is 0.155. The number of rotatable bonds is 13. The van der Waals surface area contributed by atoms with Crippen molar-refractivity contribution in [1.29, 1.82) is 0 Å². The Kier molecular flexibility index (Phi) is 13.8. The van der Waals surface area contributed by atoms with Crippen LogP contribution in [0.1, 0.15) is 154 Å². The van der Waals surface area contributed by atoms with Crippen LogP contribution in [0.25, 0.3) is 0 Å². The van der Waals surface area contributed by atoms with Crippen LogP contribution in [0.15, 0.2) is 0 Å². The molecule has 0 aromatic rings. The van der Waals surface area contributed by atoms with Gasteiger partial charge in [0.2, 0.25) is 0 Å². The zero-order valence-corrected chi connectivity index (χ0v) is 38.3. The lowest BCUT2D eigenvalue weighted by atomic mass is 9.35. The molecule has 1 N–H and O–H groups in total. The van der Waals surface area contributed by atoms with E-state index in [0.29, 0.717) is 32.1 Å². The average molecular weight is 849 g/mol. The highest BCUT2D eigenvalue weighted by atomic mass is 16.7. The number of ketones is 1. The van der Waals surface area contributed by atoms with E-state index in [2.05, 4.69) is 34.6 Å². The van der Waals surface area contributed by atoms with Gasteiger partial charge in [0.05, 0.1) is 11.2 Å². The minimum atomic E-state index is -1.42. The van der Waals surface area contributed by atoms with Crippen LogP contribution in [0.4, 0.5) is 0 Å². The number of aliphatic hydroxyl groups is 1. The molecule has 340 valence electrons. The summed E-state index contributed by atoms with van der Waals surface area (Å²) in [5, 5.41) is 10.8. The molecule has 0 aromatic carbocycles. The molecule has 5 fully saturated rings. The summed E-state index contributed by atoms with van der Waals surface area (Å²) in [6, 6.07) is 0. The first kappa shape index (κ1) is 47.9. The SMILES string of the molecule is CC(=O)OCC1O[C@@H](OC(C)(CCCC(C)(C)O)C2CC[C@]3(C)C2C(=O)CC2[C@@]4(C)CC[C@H](OC(C)=O)C(C)(C)C4CC[C@]23C)C(OC(C)=O)C(OC(C)=O)[C@@H]1OC(C)=O. The predicted octanol–water partition coefficient (Wildman–Crippen LogP) is 6.58. The van der Waals surface area contributed by atoms with Crippen LogP contribution in [-0.2, 0) is 61.9 Å². The van der Waals surface area contributed by atoms with Crippen molar-refractivity contribution in [3.63, 3.8) is 0 Å². The Labute approximate surface area is 356 Å². The van der Waals surface area contributed by atoms with Crippen molar-refractivity contribution in [3.05, 3.63) is 0 Å². The standard InChI is InChI=1S/C46H72O14/c1-25(47)54-24-32-37(56-27(3)49)38(57-28(4)50)39(58-29(5)51)40(59-32)60-46(13,19-14-18-41(6,7)53)30-15-21-45(12)36(30)31(52)23-34-43(10)20-17-35(55-26(2)48)42(8,9)33(43)16-22-44(34,45)11/h30,32-40,53H,14-24H2,1-13H3/t30?,32?,33?,34?,35-,36?,37+,38?,39?,40-,43-,44+,45+,46?/m0/s1. The smallest absolute Gasteiger partial charge is 0.303 e. The molecule has 14 heteroatoms. The van der Waals surface area contributed by atoms with Crippen LogP contribution in [-0.4, -0.2) is 95.4 Å². The molecular formula is C46H72O14. The highest BCUT2D eigenvalue weighted by molar-refractivity contribution is 5.84. The van der Waals surface area contributed by atoms with Gasteiger partial charge >= 0.3 is 29.8 Å². The molecule has 0 spiro atoms. The van der Waals surface area contributed by atoms with Crippen molar-refractivity contribution in [1.82, 2.24) is 0 Å². The van der Waals surface area contributed by atoms with Gasteiger partial charge in [0.25, 0.3) is 0 Å². The van der Waals surface area contributed by atoms with E-state index in [1.54, 1.807) is 13.8 Å². The zero-order chi connectivity index (χ0) is 45.0. The highest BCUT2D eigenvalue weighted by Gasteiger charge is 2.72. The Bertz CT molecular complexity index is 1670. The van der Waals surface area contributed by atoms with E-state index in [9.17, 15) is 29.1 Å². The largest absolute Gasteiger partial charge is 0.463 e. The van der Waals surface area contributed by atoms with Gasteiger partial charge in [0.1, 0.15) is 24.6 Å². The Morgan fingerprint density at radius 2 is 1.27 bits per heavy atom. The molecule has 14 nitrogen and oxygen atoms in total. The lowest BCUT2D eigenvalue weighted by molar-refractivity contribution is -0.337. The Hall–Kier alpha value is -3.10. The first-order valence-electron chi connectivity index (χ1n) is 22.0. The molecule has 8 unspecified atom stereocenters. The maximum Gasteiger partial charge on any atom is 0.303 e. The molecule has 0 amide bonds. The monoisotopic (exact) mass is 848 g/mol. The predicted molar refractivity (Wildman–Crippen MR) is 217 cm³/mol. The van der Waals surface area contributed by atoms with Crippen LogP contribution < -0.4 is 0 Å². The van der Waals surface area contributed by atoms with Crippen molar-refractivity contribution >= 4 is 35.6 Å². The van der Waals surface area contributed by atoms with Gasteiger partial charge in [-0.2, -0.15) is 0 Å². The van der Waals surface area contributed by atoms with E-state index in [0.717, 1.165) is 32.1 Å². The number of hydrogen-bond acceptors (Lipinski definition) is 14. The van der Waals surface area contributed by atoms with E-state index in [1.165, 1.54) is 34.6 Å². The third-order valence-corrected chi connectivity index (χ3v) is 16.0. The first-order valence-corrected chi connectivity index (χ1v) is 22.0. The molecule has 1 aliphatic heterocycles. The van der Waals surface area contributed by atoms with E-state index < -0.39 is 83.7 Å². The average Bonchev–Trinajstić information content (AvgIpc) is 3.48. The second-order valence-corrected chi connectivity index (χ2v) is 20.9. The summed E-state index contributed by atoms with van der Waals surface area (Å²) in [5.41, 5.74) is -3.16. The fraction of sp³-hybridized carbons (Fsp3) is 0.870. The highest BCUT2D eigenvalue weighted by Crippen LogP contribution is 2.75. The maximum atomic E-state index is 15.2. The van der Waals surface area contributed by atoms with Crippen molar-refractivity contribution in [2.45, 2.75) is 202 Å². The first-order chi connectivity index (χ1) is 27.6. The number of fused-ring (bicyclic) bond motifs is 5. The molecule has 0 aromatic heterocycles. The molecular weight excluding hydrogens is 776 g/mol. The van der Waals surface area contributed by atoms with Gasteiger partial charge in [-0.25, -0.2) is 0 Å². The summed E-state index contributed by atoms with van der Waals surface area (Å²) in [6.07, 6.45) is -0.350. The molecule has 4 saturated carbocycles. The minimum Gasteiger partial charge on any atom is -0.463 e. The molecule has 4 aliphatic carbocycles. The molecule has 5 rings (SSSR count). The Morgan fingerprint density at radius 3 is 1.83 bits per heavy atom. The molecule has 1 heterocycles. The summed E-state index contributed by atoms with van der Waals surface area (Å²) in [6.45, 7) is 22.7. The second-order valence-electron chi connectivity index (χ2n) is 20.9. The minimum absolute atomic E-state index is 0.107. The number of carbonyl (C=O) groups excluding carboxylic acids is 6. The van der Waals surface area contributed by atoms with Crippen molar-refractivity contribution in [2.24, 2.45) is 45.3 Å². The number of esters is 5. The van der Waals surface area contributed by atoms with Gasteiger partial charge in [-0.15, -0.1) is 0 Å².